The molecule has 0 aliphatic carbocycles. The van der Waals surface area contributed by atoms with Crippen LogP contribution in [0, 0.1) is 11.8 Å². The van der Waals surface area contributed by atoms with Crippen molar-refractivity contribution in [2.75, 3.05) is 0 Å². The van der Waals surface area contributed by atoms with Gasteiger partial charge in [-0.1, -0.05) is 11.8 Å². The highest BCUT2D eigenvalue weighted by molar-refractivity contribution is 6.09. The zero-order valence-electron chi connectivity index (χ0n) is 15.5. The Morgan fingerprint density at radius 2 is 1.46 bits per heavy atom. The number of amides is 1. The Balaban J connectivity index is 2.06. The molecule has 4 heteroatoms. The van der Waals surface area contributed by atoms with Crippen LogP contribution in [0.25, 0.3) is 0 Å². The van der Waals surface area contributed by atoms with Gasteiger partial charge in [-0.3, -0.25) is 9.59 Å². The Morgan fingerprint density at radius 1 is 0.923 bits per heavy atom. The van der Waals surface area contributed by atoms with Gasteiger partial charge in [0.1, 0.15) is 5.75 Å². The number of carbonyl (C=O) groups excluding carboxylic acids is 2. The summed E-state index contributed by atoms with van der Waals surface area (Å²) < 4.78 is 5.59. The third-order valence-electron chi connectivity index (χ3n) is 3.49. The summed E-state index contributed by atoms with van der Waals surface area (Å²) in [6.07, 6.45) is 0.0959. The summed E-state index contributed by atoms with van der Waals surface area (Å²) in [4.78, 5) is 23.5. The zero-order chi connectivity index (χ0) is 19.1. The lowest BCUT2D eigenvalue weighted by Gasteiger charge is -2.09. The summed E-state index contributed by atoms with van der Waals surface area (Å²) in [5.74, 6) is 6.52. The molecule has 2 aromatic rings. The van der Waals surface area contributed by atoms with Gasteiger partial charge in [-0.2, -0.15) is 0 Å². The van der Waals surface area contributed by atoms with Gasteiger partial charge in [0.25, 0.3) is 0 Å². The average molecular weight is 349 g/mol. The Labute approximate surface area is 154 Å². The first-order valence-corrected chi connectivity index (χ1v) is 8.55. The van der Waals surface area contributed by atoms with E-state index in [4.69, 9.17) is 4.74 Å². The molecule has 1 unspecified atom stereocenters. The predicted molar refractivity (Wildman–Crippen MR) is 102 cm³/mol. The molecule has 4 nitrogen and oxygen atoms in total. The van der Waals surface area contributed by atoms with E-state index >= 15 is 0 Å². The van der Waals surface area contributed by atoms with Crippen molar-refractivity contribution < 1.29 is 14.3 Å². The number of rotatable bonds is 5. The molecule has 134 valence electrons. The van der Waals surface area contributed by atoms with Crippen LogP contribution in [0.15, 0.2) is 48.5 Å². The smallest absolute Gasteiger partial charge is 0.217 e. The number of ketones is 1. The summed E-state index contributed by atoms with van der Waals surface area (Å²) in [7, 11) is 0. The normalized spacial score (nSPS) is 11.3. The summed E-state index contributed by atoms with van der Waals surface area (Å²) >= 11 is 0. The molecule has 0 spiro atoms. The molecule has 0 heterocycles. The van der Waals surface area contributed by atoms with Crippen LogP contribution >= 0.6 is 0 Å². The molecule has 0 fully saturated rings. The van der Waals surface area contributed by atoms with Gasteiger partial charge in [0, 0.05) is 23.6 Å². The molecule has 0 bridgehead atoms. The summed E-state index contributed by atoms with van der Waals surface area (Å²) in [6, 6.07) is 14.0. The van der Waals surface area contributed by atoms with Crippen LogP contribution in [-0.4, -0.2) is 23.8 Å². The van der Waals surface area contributed by atoms with Crippen LogP contribution in [0.2, 0.25) is 0 Å². The number of hydrogen-bond acceptors (Lipinski definition) is 3. The third kappa shape index (κ3) is 5.78. The van der Waals surface area contributed by atoms with E-state index in [9.17, 15) is 9.59 Å². The fourth-order valence-electron chi connectivity index (χ4n) is 2.36. The van der Waals surface area contributed by atoms with Crippen LogP contribution in [0.5, 0.6) is 5.75 Å². The molecular weight excluding hydrogens is 326 g/mol. The summed E-state index contributed by atoms with van der Waals surface area (Å²) in [5, 5.41) is 2.70. The maximum atomic E-state index is 12.6. The van der Waals surface area contributed by atoms with E-state index in [1.54, 1.807) is 48.5 Å². The van der Waals surface area contributed by atoms with E-state index in [1.165, 1.54) is 6.92 Å². The van der Waals surface area contributed by atoms with Crippen LogP contribution in [-0.2, 0) is 4.79 Å². The van der Waals surface area contributed by atoms with Crippen molar-refractivity contribution in [3.63, 3.8) is 0 Å². The fourth-order valence-corrected chi connectivity index (χ4v) is 2.36. The minimum Gasteiger partial charge on any atom is -0.491 e. The average Bonchev–Trinajstić information content (AvgIpc) is 2.59. The van der Waals surface area contributed by atoms with E-state index in [1.807, 2.05) is 20.8 Å². The monoisotopic (exact) mass is 349 g/mol. The lowest BCUT2D eigenvalue weighted by Crippen LogP contribution is -2.28. The van der Waals surface area contributed by atoms with Crippen molar-refractivity contribution in [2.24, 2.45) is 0 Å². The van der Waals surface area contributed by atoms with E-state index in [2.05, 4.69) is 17.2 Å². The SMILES string of the molecule is CC(=O)NC(C)C#Cc1ccc(C(=O)c2ccc(OC(C)C)cc2)cc1. The van der Waals surface area contributed by atoms with Gasteiger partial charge in [0.15, 0.2) is 5.78 Å². The number of ether oxygens (including phenoxy) is 1. The van der Waals surface area contributed by atoms with Crippen molar-refractivity contribution in [3.05, 3.63) is 65.2 Å². The van der Waals surface area contributed by atoms with Crippen LogP contribution < -0.4 is 10.1 Å². The highest BCUT2D eigenvalue weighted by Crippen LogP contribution is 2.17. The molecule has 1 N–H and O–H groups in total. The Morgan fingerprint density at radius 3 is 1.96 bits per heavy atom. The third-order valence-corrected chi connectivity index (χ3v) is 3.49. The second-order valence-electron chi connectivity index (χ2n) is 6.29. The molecule has 0 aliphatic heterocycles. The largest absolute Gasteiger partial charge is 0.491 e. The van der Waals surface area contributed by atoms with Gasteiger partial charge in [-0.25, -0.2) is 0 Å². The topological polar surface area (TPSA) is 55.4 Å². The molecule has 0 radical (unpaired) electrons. The summed E-state index contributed by atoms with van der Waals surface area (Å²) in [5.41, 5.74) is 2.00. The molecular formula is C22H23NO3. The standard InChI is InChI=1S/C22H23NO3/c1-15(2)26-21-13-11-20(12-14-21)22(25)19-9-7-18(8-10-19)6-5-16(3)23-17(4)24/h7-16H,1-4H3,(H,23,24). The number of benzene rings is 2. The Bertz CT molecular complexity index is 824. The van der Waals surface area contributed by atoms with Gasteiger partial charge in [-0.05, 0) is 69.3 Å². The molecule has 26 heavy (non-hydrogen) atoms. The number of carbonyl (C=O) groups is 2. The van der Waals surface area contributed by atoms with Crippen molar-refractivity contribution in [2.45, 2.75) is 39.8 Å². The van der Waals surface area contributed by atoms with Gasteiger partial charge >= 0.3 is 0 Å². The van der Waals surface area contributed by atoms with E-state index in [0.717, 1.165) is 11.3 Å². The lowest BCUT2D eigenvalue weighted by molar-refractivity contribution is -0.119. The number of hydrogen-bond donors (Lipinski definition) is 1. The predicted octanol–water partition coefficient (Wildman–Crippen LogP) is 3.58. The Hall–Kier alpha value is -3.06. The first-order valence-electron chi connectivity index (χ1n) is 8.55. The summed E-state index contributed by atoms with van der Waals surface area (Å²) in [6.45, 7) is 7.19. The lowest BCUT2D eigenvalue weighted by atomic mass is 10.0. The Kier molecular flexibility index (Phi) is 6.57. The quantitative estimate of drug-likeness (QED) is 0.663. The van der Waals surface area contributed by atoms with E-state index < -0.39 is 0 Å². The van der Waals surface area contributed by atoms with Gasteiger partial charge in [0.2, 0.25) is 5.91 Å². The zero-order valence-corrected chi connectivity index (χ0v) is 15.5. The van der Waals surface area contributed by atoms with E-state index in [0.29, 0.717) is 11.1 Å². The maximum Gasteiger partial charge on any atom is 0.217 e. The van der Waals surface area contributed by atoms with Crippen molar-refractivity contribution >= 4 is 11.7 Å². The van der Waals surface area contributed by atoms with Crippen molar-refractivity contribution in [3.8, 4) is 17.6 Å². The van der Waals surface area contributed by atoms with Crippen LogP contribution in [0.3, 0.4) is 0 Å². The second kappa shape index (κ2) is 8.87. The van der Waals surface area contributed by atoms with Crippen LogP contribution in [0.1, 0.15) is 49.2 Å². The highest BCUT2D eigenvalue weighted by Gasteiger charge is 2.09. The molecule has 0 saturated heterocycles. The molecule has 1 atom stereocenters. The fraction of sp³-hybridized carbons (Fsp3) is 0.273. The van der Waals surface area contributed by atoms with Gasteiger partial charge < -0.3 is 10.1 Å². The van der Waals surface area contributed by atoms with Crippen LogP contribution in [0.4, 0.5) is 0 Å². The van der Waals surface area contributed by atoms with Crippen molar-refractivity contribution in [1.29, 1.82) is 0 Å². The van der Waals surface area contributed by atoms with Gasteiger partial charge in [-0.15, -0.1) is 0 Å². The van der Waals surface area contributed by atoms with Gasteiger partial charge in [0.05, 0.1) is 12.1 Å². The highest BCUT2D eigenvalue weighted by atomic mass is 16.5. The molecule has 0 aliphatic rings. The minimum absolute atomic E-state index is 0.0489. The molecule has 1 amide bonds. The number of nitrogens with one attached hydrogen (secondary N) is 1. The van der Waals surface area contributed by atoms with E-state index in [-0.39, 0.29) is 23.8 Å². The molecule has 2 aromatic carbocycles. The minimum atomic E-state index is -0.222. The maximum absolute atomic E-state index is 12.6. The first kappa shape index (κ1) is 19.3. The molecule has 2 rings (SSSR count). The first-order chi connectivity index (χ1) is 12.3. The second-order valence-corrected chi connectivity index (χ2v) is 6.29. The van der Waals surface area contributed by atoms with Crippen molar-refractivity contribution in [1.82, 2.24) is 5.32 Å². The molecule has 0 saturated carbocycles. The molecule has 0 aromatic heterocycles.